The second kappa shape index (κ2) is 6.31. The highest BCUT2D eigenvalue weighted by Gasteiger charge is 2.11. The van der Waals surface area contributed by atoms with Gasteiger partial charge in [-0.2, -0.15) is 0 Å². The number of rotatable bonds is 2. The van der Waals surface area contributed by atoms with Gasteiger partial charge in [0, 0.05) is 30.4 Å². The fourth-order valence-electron chi connectivity index (χ4n) is 0.964. The maximum absolute atomic E-state index is 6.07. The van der Waals surface area contributed by atoms with E-state index in [-0.39, 0.29) is 0 Å². The normalized spacial score (nSPS) is 10.3. The van der Waals surface area contributed by atoms with Gasteiger partial charge in [0.2, 0.25) is 0 Å². The van der Waals surface area contributed by atoms with E-state index < -0.39 is 0 Å². The van der Waals surface area contributed by atoms with Crippen LogP contribution in [0.2, 0.25) is 15.1 Å². The van der Waals surface area contributed by atoms with Crippen LogP contribution in [0.4, 0.5) is 0 Å². The van der Waals surface area contributed by atoms with Crippen molar-refractivity contribution in [3.63, 3.8) is 0 Å². The number of benzene rings is 1. The predicted octanol–water partition coefficient (Wildman–Crippen LogP) is 4.73. The Hall–Kier alpha value is 0.330. The molecule has 1 aromatic carbocycles. The first-order chi connectivity index (χ1) is 7.43. The molecule has 0 N–H and O–H groups in total. The number of halogens is 3. The van der Waals surface area contributed by atoms with Crippen LogP contribution >= 0.6 is 58.8 Å². The second-order valence-electron chi connectivity index (χ2n) is 3.27. The van der Waals surface area contributed by atoms with E-state index in [1.165, 1.54) is 11.8 Å². The SMILES string of the molecule is CN(C)C(=S)SCc1c(Cl)ccc(Cl)c1Cl. The van der Waals surface area contributed by atoms with Crippen LogP contribution in [0.25, 0.3) is 0 Å². The van der Waals surface area contributed by atoms with Gasteiger partial charge in [-0.15, -0.1) is 0 Å². The molecule has 0 heterocycles. The molecule has 1 aromatic rings. The Bertz CT molecular complexity index is 407. The molecule has 88 valence electrons. The van der Waals surface area contributed by atoms with Gasteiger partial charge >= 0.3 is 0 Å². The third-order valence-corrected chi connectivity index (χ3v) is 4.81. The van der Waals surface area contributed by atoms with E-state index in [0.29, 0.717) is 20.8 Å². The minimum Gasteiger partial charge on any atom is -0.364 e. The minimum atomic E-state index is 0.503. The van der Waals surface area contributed by atoms with Gasteiger partial charge in [0.05, 0.1) is 10.0 Å². The zero-order valence-corrected chi connectivity index (χ0v) is 12.7. The highest BCUT2D eigenvalue weighted by atomic mass is 35.5. The summed E-state index contributed by atoms with van der Waals surface area (Å²) < 4.78 is 0.784. The van der Waals surface area contributed by atoms with Crippen molar-refractivity contribution >= 4 is 63.1 Å². The fraction of sp³-hybridized carbons (Fsp3) is 0.300. The molecule has 16 heavy (non-hydrogen) atoms. The van der Waals surface area contributed by atoms with E-state index in [9.17, 15) is 0 Å². The fourth-order valence-corrected chi connectivity index (χ4v) is 2.81. The molecule has 0 spiro atoms. The van der Waals surface area contributed by atoms with Gasteiger partial charge in [-0.1, -0.05) is 58.8 Å². The second-order valence-corrected chi connectivity index (χ2v) is 6.07. The van der Waals surface area contributed by atoms with Gasteiger partial charge in [-0.05, 0) is 12.1 Å². The Morgan fingerprint density at radius 3 is 2.38 bits per heavy atom. The van der Waals surface area contributed by atoms with Crippen molar-refractivity contribution in [2.75, 3.05) is 14.1 Å². The summed E-state index contributed by atoms with van der Waals surface area (Å²) in [5, 5.41) is 1.63. The van der Waals surface area contributed by atoms with E-state index in [1.807, 2.05) is 19.0 Å². The highest BCUT2D eigenvalue weighted by Crippen LogP contribution is 2.34. The van der Waals surface area contributed by atoms with Gasteiger partial charge in [0.15, 0.2) is 0 Å². The van der Waals surface area contributed by atoms with Crippen molar-refractivity contribution < 1.29 is 0 Å². The zero-order valence-electron chi connectivity index (χ0n) is 8.76. The number of thioether (sulfide) groups is 1. The maximum atomic E-state index is 6.07. The average Bonchev–Trinajstić information content (AvgIpc) is 2.23. The molecule has 0 aliphatic heterocycles. The summed E-state index contributed by atoms with van der Waals surface area (Å²) in [5.41, 5.74) is 0.824. The molecule has 0 aromatic heterocycles. The van der Waals surface area contributed by atoms with E-state index in [1.54, 1.807) is 12.1 Å². The molecule has 0 aliphatic rings. The molecule has 1 rings (SSSR count). The molecule has 6 heteroatoms. The van der Waals surface area contributed by atoms with Crippen molar-refractivity contribution in [3.05, 3.63) is 32.8 Å². The molecule has 0 unspecified atom stereocenters. The van der Waals surface area contributed by atoms with Crippen LogP contribution in [0.5, 0.6) is 0 Å². The number of hydrogen-bond acceptors (Lipinski definition) is 2. The van der Waals surface area contributed by atoms with E-state index in [4.69, 9.17) is 47.0 Å². The van der Waals surface area contributed by atoms with E-state index in [2.05, 4.69) is 0 Å². The lowest BCUT2D eigenvalue weighted by molar-refractivity contribution is 0.648. The summed E-state index contributed by atoms with van der Waals surface area (Å²) in [6.07, 6.45) is 0. The molecular weight excluding hydrogens is 305 g/mol. The third-order valence-electron chi connectivity index (χ3n) is 1.84. The summed E-state index contributed by atoms with van der Waals surface area (Å²) in [5.74, 6) is 0.620. The standard InChI is InChI=1S/C10H10Cl3NS2/c1-14(2)10(15)16-5-6-7(11)3-4-8(12)9(6)13/h3-4H,5H2,1-2H3. The predicted molar refractivity (Wildman–Crippen MR) is 79.1 cm³/mol. The van der Waals surface area contributed by atoms with Crippen LogP contribution in [0.3, 0.4) is 0 Å². The summed E-state index contributed by atoms with van der Waals surface area (Å²) in [6.45, 7) is 0. The van der Waals surface area contributed by atoms with Crippen LogP contribution in [0.1, 0.15) is 5.56 Å². The van der Waals surface area contributed by atoms with Gasteiger partial charge in [-0.25, -0.2) is 0 Å². The molecule has 0 saturated heterocycles. The average molecular weight is 315 g/mol. The van der Waals surface area contributed by atoms with Crippen LogP contribution in [-0.4, -0.2) is 23.3 Å². The van der Waals surface area contributed by atoms with Crippen LogP contribution in [0.15, 0.2) is 12.1 Å². The van der Waals surface area contributed by atoms with Gasteiger partial charge < -0.3 is 4.90 Å². The Kier molecular flexibility index (Phi) is 5.68. The molecule has 0 aliphatic carbocycles. The van der Waals surface area contributed by atoms with Gasteiger partial charge in [0.25, 0.3) is 0 Å². The molecular formula is C10H10Cl3NS2. The Morgan fingerprint density at radius 2 is 1.81 bits per heavy atom. The Labute approximate surface area is 120 Å². The summed E-state index contributed by atoms with van der Waals surface area (Å²) in [7, 11) is 3.80. The molecule has 0 radical (unpaired) electrons. The van der Waals surface area contributed by atoms with Crippen molar-refractivity contribution in [1.29, 1.82) is 0 Å². The van der Waals surface area contributed by atoms with Crippen molar-refractivity contribution in [1.82, 2.24) is 4.90 Å². The monoisotopic (exact) mass is 313 g/mol. The van der Waals surface area contributed by atoms with Gasteiger partial charge in [-0.3, -0.25) is 0 Å². The smallest absolute Gasteiger partial charge is 0.136 e. The van der Waals surface area contributed by atoms with E-state index in [0.717, 1.165) is 9.88 Å². The van der Waals surface area contributed by atoms with Crippen LogP contribution in [0, 0.1) is 0 Å². The molecule has 0 fully saturated rings. The number of hydrogen-bond donors (Lipinski definition) is 0. The summed E-state index contributed by atoms with van der Waals surface area (Å²) >= 11 is 24.7. The first kappa shape index (κ1) is 14.4. The lowest BCUT2D eigenvalue weighted by Crippen LogP contribution is -2.16. The number of nitrogens with zero attached hydrogens (tertiary/aromatic N) is 1. The van der Waals surface area contributed by atoms with Crippen molar-refractivity contribution in [3.8, 4) is 0 Å². The molecule has 0 atom stereocenters. The zero-order chi connectivity index (χ0) is 12.3. The molecule has 0 amide bonds. The lowest BCUT2D eigenvalue weighted by atomic mass is 10.2. The first-order valence-corrected chi connectivity index (χ1v) is 6.92. The van der Waals surface area contributed by atoms with E-state index >= 15 is 0 Å². The molecule has 1 nitrogen and oxygen atoms in total. The lowest BCUT2D eigenvalue weighted by Gasteiger charge is -2.14. The summed E-state index contributed by atoms with van der Waals surface area (Å²) in [4.78, 5) is 1.87. The highest BCUT2D eigenvalue weighted by molar-refractivity contribution is 8.22. The quantitative estimate of drug-likeness (QED) is 0.574. The van der Waals surface area contributed by atoms with Crippen molar-refractivity contribution in [2.24, 2.45) is 0 Å². The van der Waals surface area contributed by atoms with Gasteiger partial charge in [0.1, 0.15) is 4.32 Å². The molecule has 0 bridgehead atoms. The Balaban J connectivity index is 2.82. The van der Waals surface area contributed by atoms with Crippen LogP contribution < -0.4 is 0 Å². The maximum Gasteiger partial charge on any atom is 0.136 e. The number of thiocarbonyl (C=S) groups is 1. The summed E-state index contributed by atoms with van der Waals surface area (Å²) in [6, 6.07) is 3.43. The van der Waals surface area contributed by atoms with Crippen molar-refractivity contribution in [2.45, 2.75) is 5.75 Å². The topological polar surface area (TPSA) is 3.24 Å². The van der Waals surface area contributed by atoms with Crippen LogP contribution in [-0.2, 0) is 5.75 Å². The Morgan fingerprint density at radius 1 is 1.25 bits per heavy atom. The minimum absolute atomic E-state index is 0.503. The first-order valence-electron chi connectivity index (χ1n) is 4.40. The largest absolute Gasteiger partial charge is 0.364 e. The third kappa shape index (κ3) is 3.67. The molecule has 0 saturated carbocycles.